The Morgan fingerprint density at radius 3 is 1.88 bits per heavy atom. The summed E-state index contributed by atoms with van der Waals surface area (Å²) in [6, 6.07) is 1.39. The summed E-state index contributed by atoms with van der Waals surface area (Å²) in [5.41, 5.74) is 1.12. The number of amides is 5. The maximum absolute atomic E-state index is 13.6. The third-order valence-electron chi connectivity index (χ3n) is 7.02. The Morgan fingerprint density at radius 2 is 1.35 bits per heavy atom. The van der Waals surface area contributed by atoms with E-state index in [-0.39, 0.29) is 25.2 Å². The molecule has 0 unspecified atom stereocenters. The molecule has 48 heavy (non-hydrogen) atoms. The van der Waals surface area contributed by atoms with Gasteiger partial charge >= 0.3 is 6.18 Å². The molecule has 17 heteroatoms. The lowest BCUT2D eigenvalue weighted by atomic mass is 10.00. The summed E-state index contributed by atoms with van der Waals surface area (Å²) in [6.07, 6.45) is -4.14. The highest BCUT2D eigenvalue weighted by atomic mass is 19.4. The van der Waals surface area contributed by atoms with Crippen molar-refractivity contribution in [2.24, 2.45) is 5.92 Å². The minimum Gasteiger partial charge on any atom is -0.391 e. The highest BCUT2D eigenvalue weighted by Crippen LogP contribution is 2.18. The van der Waals surface area contributed by atoms with Gasteiger partial charge in [-0.2, -0.15) is 13.2 Å². The van der Waals surface area contributed by atoms with E-state index in [4.69, 9.17) is 0 Å². The fraction of sp³-hybridized carbons (Fsp3) is 0.516. The average molecular weight is 682 g/mol. The predicted octanol–water partition coefficient (Wildman–Crippen LogP) is 0.217. The van der Waals surface area contributed by atoms with E-state index in [2.05, 4.69) is 31.2 Å². The van der Waals surface area contributed by atoms with Crippen molar-refractivity contribution in [1.29, 1.82) is 0 Å². The van der Waals surface area contributed by atoms with Crippen LogP contribution in [0.3, 0.4) is 0 Å². The molecule has 0 aliphatic carbocycles. The number of carbonyl (C=O) groups excluding carboxylic acids is 6. The minimum atomic E-state index is -5.23. The SMILES string of the molecule is CC(=O)N[C@@H](Cc1ccccc1)C(=O)N[C@@H](CC(C)C)C(=O)N[C@@H](Cc1cnc[nH]1)C(=O)N[C@H](C(=O)N[C@@H](C)C(=O)C(F)(F)F)[C@@H](C)O. The van der Waals surface area contributed by atoms with Gasteiger partial charge in [0.25, 0.3) is 5.78 Å². The number of ketones is 1. The summed E-state index contributed by atoms with van der Waals surface area (Å²) in [5, 5.41) is 22.0. The number of rotatable bonds is 17. The molecule has 0 aliphatic heterocycles. The molecule has 0 aliphatic rings. The molecule has 1 aromatic carbocycles. The number of imidazole rings is 1. The first kappa shape index (κ1) is 39.4. The normalized spacial score (nSPS) is 15.2. The molecule has 0 saturated carbocycles. The second kappa shape index (κ2) is 17.9. The van der Waals surface area contributed by atoms with E-state index in [0.717, 1.165) is 19.4 Å². The number of nitrogens with zero attached hydrogens (tertiary/aromatic N) is 1. The van der Waals surface area contributed by atoms with Gasteiger partial charge in [-0.25, -0.2) is 4.98 Å². The van der Waals surface area contributed by atoms with Gasteiger partial charge in [-0.15, -0.1) is 0 Å². The Morgan fingerprint density at radius 1 is 0.792 bits per heavy atom. The number of aliphatic hydroxyl groups is 1. The topological polar surface area (TPSA) is 211 Å². The number of aromatic amines is 1. The summed E-state index contributed by atoms with van der Waals surface area (Å²) < 4.78 is 38.5. The minimum absolute atomic E-state index is 0.123. The van der Waals surface area contributed by atoms with Crippen LogP contribution in [0.4, 0.5) is 13.2 Å². The highest BCUT2D eigenvalue weighted by molar-refractivity contribution is 5.97. The van der Waals surface area contributed by atoms with Crippen molar-refractivity contribution < 1.29 is 47.0 Å². The van der Waals surface area contributed by atoms with E-state index in [9.17, 15) is 47.0 Å². The Hall–Kier alpha value is -4.80. The largest absolute Gasteiger partial charge is 0.452 e. The average Bonchev–Trinajstić information content (AvgIpc) is 3.50. The lowest BCUT2D eigenvalue weighted by molar-refractivity contribution is -0.173. The van der Waals surface area contributed by atoms with Crippen molar-refractivity contribution >= 4 is 35.3 Å². The van der Waals surface area contributed by atoms with Crippen LogP contribution < -0.4 is 26.6 Å². The molecule has 5 amide bonds. The predicted molar refractivity (Wildman–Crippen MR) is 166 cm³/mol. The molecule has 1 heterocycles. The van der Waals surface area contributed by atoms with Gasteiger partial charge in [0.15, 0.2) is 0 Å². The number of nitrogens with one attached hydrogen (secondary N) is 6. The molecule has 6 atom stereocenters. The monoisotopic (exact) mass is 681 g/mol. The standard InChI is InChI=1S/C31H42F3N7O7/c1-16(2)11-22(39-28(46)23(38-19(5)43)12-20-9-7-6-8-10-20)27(45)40-24(13-21-14-35-15-36-21)29(47)41-25(18(4)42)30(48)37-17(3)26(44)31(32,33)34/h6-10,14-18,22-25,42H,11-13H2,1-5H3,(H,35,36)(H,37,48)(H,38,43)(H,39,46)(H,40,45)(H,41,47)/t17-,18+,22-,23-,24-,25-/m0/s1. The smallest absolute Gasteiger partial charge is 0.391 e. The van der Waals surface area contributed by atoms with Crippen LogP contribution in [0.1, 0.15) is 52.3 Å². The summed E-state index contributed by atoms with van der Waals surface area (Å²) in [5.74, 6) is -6.57. The second-order valence-corrected chi connectivity index (χ2v) is 11.8. The number of halogens is 3. The number of carbonyl (C=O) groups is 6. The second-order valence-electron chi connectivity index (χ2n) is 11.8. The van der Waals surface area contributed by atoms with Crippen LogP contribution >= 0.6 is 0 Å². The Balaban J connectivity index is 2.29. The Kier molecular flexibility index (Phi) is 14.7. The Labute approximate surface area is 275 Å². The molecule has 0 bridgehead atoms. The number of hydrogen-bond donors (Lipinski definition) is 7. The van der Waals surface area contributed by atoms with Crippen molar-refractivity contribution in [3.8, 4) is 0 Å². The van der Waals surface area contributed by atoms with E-state index >= 15 is 0 Å². The summed E-state index contributed by atoms with van der Waals surface area (Å²) in [7, 11) is 0. The zero-order valence-corrected chi connectivity index (χ0v) is 27.2. The van der Waals surface area contributed by atoms with Gasteiger partial charge in [0.05, 0.1) is 18.5 Å². The van der Waals surface area contributed by atoms with Gasteiger partial charge in [0, 0.05) is 31.7 Å². The van der Waals surface area contributed by atoms with E-state index in [1.165, 1.54) is 19.4 Å². The van der Waals surface area contributed by atoms with Crippen LogP contribution in [0.5, 0.6) is 0 Å². The zero-order chi connectivity index (χ0) is 36.2. The maximum atomic E-state index is 13.6. The molecule has 0 saturated heterocycles. The van der Waals surface area contributed by atoms with Gasteiger partial charge in [-0.1, -0.05) is 44.2 Å². The molecule has 1 aromatic heterocycles. The molecule has 2 aromatic rings. The van der Waals surface area contributed by atoms with Crippen LogP contribution in [-0.4, -0.2) is 92.9 Å². The molecule has 264 valence electrons. The molecule has 0 radical (unpaired) electrons. The lowest BCUT2D eigenvalue weighted by Crippen LogP contribution is -2.61. The third-order valence-corrected chi connectivity index (χ3v) is 7.02. The van der Waals surface area contributed by atoms with E-state index < -0.39 is 77.8 Å². The zero-order valence-electron chi connectivity index (χ0n) is 27.2. The summed E-state index contributed by atoms with van der Waals surface area (Å²) in [6.45, 7) is 6.74. The van der Waals surface area contributed by atoms with E-state index in [1.807, 2.05) is 5.32 Å². The third kappa shape index (κ3) is 12.8. The van der Waals surface area contributed by atoms with Crippen molar-refractivity contribution in [1.82, 2.24) is 36.6 Å². The fourth-order valence-electron chi connectivity index (χ4n) is 4.65. The van der Waals surface area contributed by atoms with Gasteiger partial charge in [-0.05, 0) is 31.7 Å². The molecule has 0 spiro atoms. The first-order chi connectivity index (χ1) is 22.4. The number of aromatic nitrogens is 2. The van der Waals surface area contributed by atoms with Crippen LogP contribution in [0.2, 0.25) is 0 Å². The maximum Gasteiger partial charge on any atom is 0.452 e. The Bertz CT molecular complexity index is 1400. The van der Waals surface area contributed by atoms with Crippen molar-refractivity contribution in [3.63, 3.8) is 0 Å². The number of H-pyrrole nitrogens is 1. The van der Waals surface area contributed by atoms with Gasteiger partial charge in [-0.3, -0.25) is 28.8 Å². The number of aliphatic hydroxyl groups excluding tert-OH is 1. The molecular weight excluding hydrogens is 639 g/mol. The molecule has 2 rings (SSSR count). The van der Waals surface area contributed by atoms with Gasteiger partial charge < -0.3 is 36.7 Å². The number of hydrogen-bond acceptors (Lipinski definition) is 8. The fourth-order valence-corrected chi connectivity index (χ4v) is 4.65. The molecule has 14 nitrogen and oxygen atoms in total. The van der Waals surface area contributed by atoms with Gasteiger partial charge in [0.1, 0.15) is 24.2 Å². The van der Waals surface area contributed by atoms with Gasteiger partial charge in [0.2, 0.25) is 29.5 Å². The first-order valence-corrected chi connectivity index (χ1v) is 15.2. The quantitative estimate of drug-likeness (QED) is 0.122. The summed E-state index contributed by atoms with van der Waals surface area (Å²) in [4.78, 5) is 83.3. The molecule has 7 N–H and O–H groups in total. The highest BCUT2D eigenvalue weighted by Gasteiger charge is 2.43. The van der Waals surface area contributed by atoms with Crippen molar-refractivity contribution in [2.45, 2.75) is 96.4 Å². The first-order valence-electron chi connectivity index (χ1n) is 15.2. The van der Waals surface area contributed by atoms with E-state index in [0.29, 0.717) is 5.69 Å². The van der Waals surface area contributed by atoms with Crippen LogP contribution in [-0.2, 0) is 41.6 Å². The lowest BCUT2D eigenvalue weighted by Gasteiger charge is -2.28. The molecular formula is C31H42F3N7O7. The number of alkyl halides is 3. The van der Waals surface area contributed by atoms with Crippen LogP contribution in [0, 0.1) is 5.92 Å². The number of Topliss-reactive ketones (excluding diaryl/α,β-unsaturated/α-hetero) is 1. The number of benzene rings is 1. The van der Waals surface area contributed by atoms with Crippen molar-refractivity contribution in [3.05, 3.63) is 54.1 Å². The summed E-state index contributed by atoms with van der Waals surface area (Å²) >= 11 is 0. The van der Waals surface area contributed by atoms with Crippen molar-refractivity contribution in [2.75, 3.05) is 0 Å². The van der Waals surface area contributed by atoms with E-state index in [1.54, 1.807) is 44.2 Å². The van der Waals surface area contributed by atoms with Crippen LogP contribution in [0.15, 0.2) is 42.9 Å². The van der Waals surface area contributed by atoms with Crippen LogP contribution in [0.25, 0.3) is 0 Å². The molecule has 0 fully saturated rings.